The van der Waals surface area contributed by atoms with E-state index >= 15 is 0 Å². The van der Waals surface area contributed by atoms with Crippen molar-refractivity contribution in [1.82, 2.24) is 5.32 Å². The van der Waals surface area contributed by atoms with Crippen molar-refractivity contribution in [2.45, 2.75) is 56.8 Å². The molecule has 20 heavy (non-hydrogen) atoms. The highest BCUT2D eigenvalue weighted by Crippen LogP contribution is 2.53. The number of hydrogen-bond donors (Lipinski definition) is 2. The Labute approximate surface area is 118 Å². The van der Waals surface area contributed by atoms with Crippen LogP contribution in [0.1, 0.15) is 39.5 Å². The highest BCUT2D eigenvalue weighted by Gasteiger charge is 2.79. The van der Waals surface area contributed by atoms with Gasteiger partial charge < -0.3 is 15.2 Å². The van der Waals surface area contributed by atoms with Crippen molar-refractivity contribution in [3.8, 4) is 0 Å². The molecule has 110 valence electrons. The van der Waals surface area contributed by atoms with E-state index in [9.17, 15) is 14.7 Å². The third kappa shape index (κ3) is 1.41. The van der Waals surface area contributed by atoms with Gasteiger partial charge in [0, 0.05) is 5.92 Å². The number of rotatable bonds is 3. The number of fused-ring (bicyclic) bond motifs is 1. The first-order chi connectivity index (χ1) is 9.47. The molecule has 0 spiro atoms. The van der Waals surface area contributed by atoms with Crippen LogP contribution in [0.5, 0.6) is 0 Å². The SMILES string of the molecule is CC[C@H]1C(=O)N[C@@]2([C@@H](O)[C@@H]3C=CCCC3)C(=O)O[C@@]12C. The monoisotopic (exact) mass is 279 g/mol. The van der Waals surface area contributed by atoms with Crippen LogP contribution in [0.15, 0.2) is 12.2 Å². The summed E-state index contributed by atoms with van der Waals surface area (Å²) >= 11 is 0. The van der Waals surface area contributed by atoms with E-state index in [-0.39, 0.29) is 17.7 Å². The van der Waals surface area contributed by atoms with Gasteiger partial charge in [-0.3, -0.25) is 4.79 Å². The van der Waals surface area contributed by atoms with Gasteiger partial charge in [0.1, 0.15) is 0 Å². The zero-order valence-electron chi connectivity index (χ0n) is 11.9. The number of allylic oxidation sites excluding steroid dienone is 1. The Morgan fingerprint density at radius 1 is 1.55 bits per heavy atom. The van der Waals surface area contributed by atoms with E-state index < -0.39 is 23.2 Å². The lowest BCUT2D eigenvalue weighted by atomic mass is 9.64. The minimum Gasteiger partial charge on any atom is -0.453 e. The molecule has 2 saturated heterocycles. The van der Waals surface area contributed by atoms with Crippen molar-refractivity contribution in [1.29, 1.82) is 0 Å². The van der Waals surface area contributed by atoms with Crippen molar-refractivity contribution >= 4 is 11.9 Å². The lowest BCUT2D eigenvalue weighted by Gasteiger charge is -2.54. The van der Waals surface area contributed by atoms with Crippen LogP contribution < -0.4 is 5.32 Å². The van der Waals surface area contributed by atoms with Crippen LogP contribution in [-0.2, 0) is 14.3 Å². The van der Waals surface area contributed by atoms with Crippen molar-refractivity contribution in [3.63, 3.8) is 0 Å². The van der Waals surface area contributed by atoms with Crippen LogP contribution in [-0.4, -0.2) is 34.2 Å². The molecule has 0 aromatic heterocycles. The summed E-state index contributed by atoms with van der Waals surface area (Å²) in [6.07, 6.45) is 6.47. The Hall–Kier alpha value is -1.36. The Morgan fingerprint density at radius 2 is 2.30 bits per heavy atom. The van der Waals surface area contributed by atoms with Crippen LogP contribution in [0.2, 0.25) is 0 Å². The summed E-state index contributed by atoms with van der Waals surface area (Å²) in [6.45, 7) is 3.65. The first kappa shape index (κ1) is 13.6. The molecule has 3 aliphatic rings. The largest absolute Gasteiger partial charge is 0.453 e. The fraction of sp³-hybridized carbons (Fsp3) is 0.733. The molecule has 1 amide bonds. The quantitative estimate of drug-likeness (QED) is 0.595. The van der Waals surface area contributed by atoms with E-state index in [1.165, 1.54) is 0 Å². The molecule has 0 aromatic rings. The molecule has 2 heterocycles. The number of amides is 1. The summed E-state index contributed by atoms with van der Waals surface area (Å²) in [5.41, 5.74) is -2.20. The van der Waals surface area contributed by atoms with Gasteiger partial charge in [-0.05, 0) is 32.6 Å². The predicted molar refractivity (Wildman–Crippen MR) is 71.6 cm³/mol. The predicted octanol–water partition coefficient (Wildman–Crippen LogP) is 0.914. The van der Waals surface area contributed by atoms with Gasteiger partial charge in [0.2, 0.25) is 11.4 Å². The number of hydrogen-bond acceptors (Lipinski definition) is 4. The molecule has 0 bridgehead atoms. The van der Waals surface area contributed by atoms with E-state index in [2.05, 4.69) is 5.32 Å². The average molecular weight is 279 g/mol. The summed E-state index contributed by atoms with van der Waals surface area (Å²) in [7, 11) is 0. The molecule has 0 aromatic carbocycles. The van der Waals surface area contributed by atoms with Crippen LogP contribution in [0, 0.1) is 11.8 Å². The number of aliphatic hydroxyl groups is 1. The third-order valence-corrected chi connectivity index (χ3v) is 5.26. The Balaban J connectivity index is 1.97. The smallest absolute Gasteiger partial charge is 0.339 e. The molecule has 0 radical (unpaired) electrons. The zero-order valence-corrected chi connectivity index (χ0v) is 11.9. The minimum atomic E-state index is -1.27. The molecule has 2 aliphatic heterocycles. The van der Waals surface area contributed by atoms with Gasteiger partial charge in [-0.1, -0.05) is 19.1 Å². The molecular formula is C15H21NO4. The lowest BCUT2D eigenvalue weighted by molar-refractivity contribution is -0.238. The van der Waals surface area contributed by atoms with Gasteiger partial charge >= 0.3 is 5.97 Å². The molecule has 5 atom stereocenters. The minimum absolute atomic E-state index is 0.105. The Morgan fingerprint density at radius 3 is 2.85 bits per heavy atom. The van der Waals surface area contributed by atoms with Crippen LogP contribution >= 0.6 is 0 Å². The maximum atomic E-state index is 12.1. The first-order valence-corrected chi connectivity index (χ1v) is 7.37. The summed E-state index contributed by atoms with van der Waals surface area (Å²) in [4.78, 5) is 24.2. The fourth-order valence-corrected chi connectivity index (χ4v) is 4.05. The molecule has 2 N–H and O–H groups in total. The molecule has 3 rings (SSSR count). The van der Waals surface area contributed by atoms with Gasteiger partial charge in [-0.15, -0.1) is 0 Å². The standard InChI is InChI=1S/C15H21NO4/c1-3-10-12(18)16-15(13(19)20-14(10,15)2)11(17)9-7-5-4-6-8-9/h5,7,9-11,17H,3-4,6,8H2,1-2H3,(H,16,18)/t9-,10+,11+,14+,15+/m1/s1. The van der Waals surface area contributed by atoms with Gasteiger partial charge in [-0.2, -0.15) is 0 Å². The second-order valence-electron chi connectivity index (χ2n) is 6.22. The number of carbonyl (C=O) groups is 2. The van der Waals surface area contributed by atoms with E-state index in [1.54, 1.807) is 6.92 Å². The number of ether oxygens (including phenoxy) is 1. The molecule has 5 heteroatoms. The van der Waals surface area contributed by atoms with Gasteiger partial charge in [0.05, 0.1) is 12.0 Å². The van der Waals surface area contributed by atoms with Crippen LogP contribution in [0.25, 0.3) is 0 Å². The maximum absolute atomic E-state index is 12.1. The van der Waals surface area contributed by atoms with Crippen molar-refractivity contribution in [2.75, 3.05) is 0 Å². The van der Waals surface area contributed by atoms with Gasteiger partial charge in [-0.25, -0.2) is 4.79 Å². The average Bonchev–Trinajstić information content (AvgIpc) is 2.62. The summed E-state index contributed by atoms with van der Waals surface area (Å²) < 4.78 is 5.33. The van der Waals surface area contributed by atoms with Gasteiger partial charge in [0.25, 0.3) is 0 Å². The summed E-state index contributed by atoms with van der Waals surface area (Å²) in [5.74, 6) is -1.19. The summed E-state index contributed by atoms with van der Waals surface area (Å²) in [5, 5.41) is 13.5. The highest BCUT2D eigenvalue weighted by molar-refractivity contribution is 6.01. The Bertz CT molecular complexity index is 488. The van der Waals surface area contributed by atoms with Crippen molar-refractivity contribution < 1.29 is 19.4 Å². The van der Waals surface area contributed by atoms with E-state index in [0.29, 0.717) is 6.42 Å². The molecule has 0 unspecified atom stereocenters. The van der Waals surface area contributed by atoms with E-state index in [4.69, 9.17) is 4.74 Å². The van der Waals surface area contributed by atoms with Crippen molar-refractivity contribution in [3.05, 3.63) is 12.2 Å². The van der Waals surface area contributed by atoms with E-state index in [0.717, 1.165) is 19.3 Å². The molecule has 1 aliphatic carbocycles. The topological polar surface area (TPSA) is 75.6 Å². The van der Waals surface area contributed by atoms with Crippen molar-refractivity contribution in [2.24, 2.45) is 11.8 Å². The maximum Gasteiger partial charge on any atom is 0.339 e. The highest BCUT2D eigenvalue weighted by atomic mass is 16.6. The second-order valence-corrected chi connectivity index (χ2v) is 6.22. The zero-order chi connectivity index (χ0) is 14.5. The third-order valence-electron chi connectivity index (χ3n) is 5.26. The van der Waals surface area contributed by atoms with E-state index in [1.807, 2.05) is 19.1 Å². The molecule has 2 fully saturated rings. The normalized spacial score (nSPS) is 44.4. The lowest BCUT2D eigenvalue weighted by Crippen LogP contribution is -2.80. The number of esters is 1. The molecule has 5 nitrogen and oxygen atoms in total. The number of carbonyl (C=O) groups excluding carboxylic acids is 2. The fourth-order valence-electron chi connectivity index (χ4n) is 4.05. The number of nitrogens with one attached hydrogen (secondary N) is 1. The molecular weight excluding hydrogens is 258 g/mol. The summed E-state index contributed by atoms with van der Waals surface area (Å²) in [6, 6.07) is 0. The molecule has 0 saturated carbocycles. The number of aliphatic hydroxyl groups excluding tert-OH is 1. The van der Waals surface area contributed by atoms with Crippen LogP contribution in [0.3, 0.4) is 0 Å². The second kappa shape index (κ2) is 4.32. The first-order valence-electron chi connectivity index (χ1n) is 7.37. The van der Waals surface area contributed by atoms with Crippen LogP contribution in [0.4, 0.5) is 0 Å². The van der Waals surface area contributed by atoms with Gasteiger partial charge in [0.15, 0.2) is 5.60 Å². The Kier molecular flexibility index (Phi) is 2.94.